The molecule has 7 heteroatoms. The van der Waals surface area contributed by atoms with Gasteiger partial charge in [-0.15, -0.1) is 0 Å². The predicted molar refractivity (Wildman–Crippen MR) is 80.3 cm³/mol. The monoisotopic (exact) mass is 327 g/mol. The number of hydrogen-bond donors (Lipinski definition) is 2. The van der Waals surface area contributed by atoms with Crippen molar-refractivity contribution in [3.63, 3.8) is 0 Å². The Morgan fingerprint density at radius 1 is 1.41 bits per heavy atom. The quantitative estimate of drug-likeness (QED) is 0.859. The summed E-state index contributed by atoms with van der Waals surface area (Å²) in [5.41, 5.74) is -0.735. The van der Waals surface area contributed by atoms with Crippen LogP contribution < -0.4 is 10.1 Å². The second-order valence-corrected chi connectivity index (χ2v) is 5.55. The van der Waals surface area contributed by atoms with Crippen molar-refractivity contribution in [3.8, 4) is 5.75 Å². The van der Waals surface area contributed by atoms with Gasteiger partial charge in [0.05, 0.1) is 13.5 Å². The normalized spacial score (nSPS) is 16.8. The molecule has 1 aliphatic heterocycles. The summed E-state index contributed by atoms with van der Waals surface area (Å²) in [6.07, 6.45) is 0.445. The number of carbonyl (C=O) groups is 2. The molecule has 0 atom stereocenters. The van der Waals surface area contributed by atoms with E-state index in [2.05, 4.69) is 5.32 Å². The number of ether oxygens (including phenoxy) is 2. The summed E-state index contributed by atoms with van der Waals surface area (Å²) in [5.74, 6) is -0.954. The van der Waals surface area contributed by atoms with Crippen molar-refractivity contribution in [1.29, 1.82) is 0 Å². The van der Waals surface area contributed by atoms with Crippen LogP contribution in [-0.2, 0) is 20.7 Å². The minimum Gasteiger partial charge on any atom is -0.496 e. The Kier molecular flexibility index (Phi) is 5.26. The molecule has 0 spiro atoms. The summed E-state index contributed by atoms with van der Waals surface area (Å²) in [6, 6.07) is 5.09. The van der Waals surface area contributed by atoms with E-state index in [9.17, 15) is 14.7 Å². The molecule has 6 nitrogen and oxygen atoms in total. The average molecular weight is 328 g/mol. The number of aliphatic carboxylic acids is 1. The summed E-state index contributed by atoms with van der Waals surface area (Å²) in [4.78, 5) is 23.8. The molecule has 2 rings (SSSR count). The number of carboxylic acid groups (broad SMARTS) is 1. The number of halogens is 1. The third-order valence-corrected chi connectivity index (χ3v) is 4.12. The molecular weight excluding hydrogens is 310 g/mol. The van der Waals surface area contributed by atoms with Crippen LogP contribution in [-0.4, -0.2) is 42.8 Å². The van der Waals surface area contributed by atoms with Crippen LogP contribution in [0.2, 0.25) is 5.02 Å². The van der Waals surface area contributed by atoms with E-state index >= 15 is 0 Å². The Morgan fingerprint density at radius 3 is 2.68 bits per heavy atom. The number of methoxy groups -OCH3 is 1. The highest BCUT2D eigenvalue weighted by molar-refractivity contribution is 6.31. The van der Waals surface area contributed by atoms with Gasteiger partial charge < -0.3 is 19.9 Å². The maximum atomic E-state index is 12.3. The number of carbonyl (C=O) groups excluding carboxylic acids is 1. The number of rotatable bonds is 5. The van der Waals surface area contributed by atoms with Crippen LogP contribution in [0.15, 0.2) is 18.2 Å². The van der Waals surface area contributed by atoms with Crippen LogP contribution in [0.5, 0.6) is 5.75 Å². The first-order chi connectivity index (χ1) is 10.5. The van der Waals surface area contributed by atoms with Crippen LogP contribution in [0.3, 0.4) is 0 Å². The largest absolute Gasteiger partial charge is 0.496 e. The molecule has 1 saturated heterocycles. The van der Waals surface area contributed by atoms with Gasteiger partial charge in [0, 0.05) is 36.6 Å². The molecule has 0 bridgehead atoms. The zero-order valence-corrected chi connectivity index (χ0v) is 13.0. The van der Waals surface area contributed by atoms with Gasteiger partial charge >= 0.3 is 5.97 Å². The fourth-order valence-electron chi connectivity index (χ4n) is 2.49. The molecule has 1 aliphatic rings. The van der Waals surface area contributed by atoms with E-state index in [1.165, 1.54) is 7.11 Å². The minimum absolute atomic E-state index is 0.0429. The van der Waals surface area contributed by atoms with Crippen LogP contribution >= 0.6 is 11.6 Å². The Bertz CT molecular complexity index is 569. The summed E-state index contributed by atoms with van der Waals surface area (Å²) in [5, 5.41) is 12.5. The Hall–Kier alpha value is -1.79. The number of hydrogen-bond acceptors (Lipinski definition) is 4. The molecule has 2 N–H and O–H groups in total. The van der Waals surface area contributed by atoms with Crippen LogP contribution in [0, 0.1) is 0 Å². The number of benzene rings is 1. The molecular formula is C15H18ClNO5. The van der Waals surface area contributed by atoms with E-state index in [-0.39, 0.29) is 19.3 Å². The van der Waals surface area contributed by atoms with Gasteiger partial charge in [0.15, 0.2) is 0 Å². The minimum atomic E-state index is -1.27. The first-order valence-electron chi connectivity index (χ1n) is 6.92. The van der Waals surface area contributed by atoms with Crippen molar-refractivity contribution in [2.45, 2.75) is 24.8 Å². The Labute approximate surface area is 133 Å². The van der Waals surface area contributed by atoms with E-state index in [1.54, 1.807) is 18.2 Å². The molecule has 1 aromatic carbocycles. The maximum Gasteiger partial charge on any atom is 0.329 e. The van der Waals surface area contributed by atoms with Gasteiger partial charge in [0.2, 0.25) is 5.91 Å². The first kappa shape index (κ1) is 16.6. The van der Waals surface area contributed by atoms with Gasteiger partial charge in [-0.2, -0.15) is 0 Å². The molecule has 22 heavy (non-hydrogen) atoms. The zero-order valence-electron chi connectivity index (χ0n) is 12.2. The SMILES string of the molecule is COc1cccc(Cl)c1CC(=O)NC1(C(=O)O)CCOCC1. The van der Waals surface area contributed by atoms with E-state index in [1.807, 2.05) is 0 Å². The van der Waals surface area contributed by atoms with E-state index in [4.69, 9.17) is 21.1 Å². The highest BCUT2D eigenvalue weighted by atomic mass is 35.5. The lowest BCUT2D eigenvalue weighted by molar-refractivity contribution is -0.152. The second kappa shape index (κ2) is 6.98. The summed E-state index contributed by atoms with van der Waals surface area (Å²) >= 11 is 6.10. The third-order valence-electron chi connectivity index (χ3n) is 3.77. The third kappa shape index (κ3) is 3.51. The van der Waals surface area contributed by atoms with Crippen LogP contribution in [0.1, 0.15) is 18.4 Å². The Morgan fingerprint density at radius 2 is 2.09 bits per heavy atom. The van der Waals surface area contributed by atoms with Crippen molar-refractivity contribution in [2.24, 2.45) is 0 Å². The van der Waals surface area contributed by atoms with Crippen molar-refractivity contribution in [1.82, 2.24) is 5.32 Å². The lowest BCUT2D eigenvalue weighted by atomic mass is 9.89. The van der Waals surface area contributed by atoms with Gasteiger partial charge in [0.25, 0.3) is 0 Å². The van der Waals surface area contributed by atoms with E-state index in [0.717, 1.165) is 0 Å². The molecule has 0 radical (unpaired) electrons. The fourth-order valence-corrected chi connectivity index (χ4v) is 2.72. The summed E-state index contributed by atoms with van der Waals surface area (Å²) in [6.45, 7) is 0.615. The first-order valence-corrected chi connectivity index (χ1v) is 7.30. The number of amides is 1. The molecule has 1 aromatic rings. The topological polar surface area (TPSA) is 84.9 Å². The maximum absolute atomic E-state index is 12.3. The number of carboxylic acids is 1. The molecule has 0 unspecified atom stereocenters. The second-order valence-electron chi connectivity index (χ2n) is 5.15. The molecule has 0 aromatic heterocycles. The summed E-state index contributed by atoms with van der Waals surface area (Å²) in [7, 11) is 1.49. The standard InChI is InChI=1S/C15H18ClNO5/c1-21-12-4-2-3-11(16)10(12)9-13(18)17-15(14(19)20)5-7-22-8-6-15/h2-4H,5-9H2,1H3,(H,17,18)(H,19,20). The molecule has 1 amide bonds. The molecule has 1 heterocycles. The van der Waals surface area contributed by atoms with Crippen molar-refractivity contribution >= 4 is 23.5 Å². The van der Waals surface area contributed by atoms with Gasteiger partial charge in [-0.25, -0.2) is 4.79 Å². The lowest BCUT2D eigenvalue weighted by Crippen LogP contribution is -2.57. The van der Waals surface area contributed by atoms with Gasteiger partial charge in [-0.1, -0.05) is 17.7 Å². The van der Waals surface area contributed by atoms with Gasteiger partial charge in [0.1, 0.15) is 11.3 Å². The van der Waals surface area contributed by atoms with Crippen LogP contribution in [0.25, 0.3) is 0 Å². The fraction of sp³-hybridized carbons (Fsp3) is 0.467. The molecule has 0 saturated carbocycles. The van der Waals surface area contributed by atoms with Gasteiger partial charge in [-0.05, 0) is 12.1 Å². The predicted octanol–water partition coefficient (Wildman–Crippen LogP) is 1.64. The van der Waals surface area contributed by atoms with Crippen molar-refractivity contribution in [3.05, 3.63) is 28.8 Å². The van der Waals surface area contributed by atoms with E-state index in [0.29, 0.717) is 29.5 Å². The zero-order chi connectivity index (χ0) is 16.2. The number of nitrogens with one attached hydrogen (secondary N) is 1. The molecule has 0 aliphatic carbocycles. The van der Waals surface area contributed by atoms with Gasteiger partial charge in [-0.3, -0.25) is 4.79 Å². The lowest BCUT2D eigenvalue weighted by Gasteiger charge is -2.34. The van der Waals surface area contributed by atoms with Crippen molar-refractivity contribution < 1.29 is 24.2 Å². The average Bonchev–Trinajstić information content (AvgIpc) is 2.50. The highest BCUT2D eigenvalue weighted by Crippen LogP contribution is 2.27. The summed E-state index contributed by atoms with van der Waals surface area (Å²) < 4.78 is 10.4. The van der Waals surface area contributed by atoms with E-state index < -0.39 is 17.4 Å². The Balaban J connectivity index is 2.14. The van der Waals surface area contributed by atoms with Crippen LogP contribution in [0.4, 0.5) is 0 Å². The van der Waals surface area contributed by atoms with Crippen molar-refractivity contribution in [2.75, 3.05) is 20.3 Å². The molecule has 1 fully saturated rings. The smallest absolute Gasteiger partial charge is 0.329 e. The molecule has 120 valence electrons. The highest BCUT2D eigenvalue weighted by Gasteiger charge is 2.41.